The van der Waals surface area contributed by atoms with Crippen molar-refractivity contribution >= 4 is 21.8 Å². The topological polar surface area (TPSA) is 88.1 Å². The number of hydrogen-bond acceptors (Lipinski definition) is 5. The quantitative estimate of drug-likeness (QED) is 0.855. The van der Waals surface area contributed by atoms with E-state index in [-0.39, 0.29) is 29.1 Å². The molecule has 0 aliphatic carbocycles. The van der Waals surface area contributed by atoms with Crippen molar-refractivity contribution in [1.29, 1.82) is 0 Å². The zero-order chi connectivity index (χ0) is 17.4. The highest BCUT2D eigenvalue weighted by Crippen LogP contribution is 2.32. The summed E-state index contributed by atoms with van der Waals surface area (Å²) >= 11 is 0. The predicted octanol–water partition coefficient (Wildman–Crippen LogP) is 1.12. The second-order valence-electron chi connectivity index (χ2n) is 6.02. The number of amidine groups is 1. The predicted molar refractivity (Wildman–Crippen MR) is 92.6 cm³/mol. The third-order valence-electron chi connectivity index (χ3n) is 4.37. The minimum absolute atomic E-state index is 0.0525. The molecule has 3 aliphatic heterocycles. The minimum Gasteiger partial charge on any atom is -0.493 e. The molecule has 0 radical (unpaired) electrons. The van der Waals surface area contributed by atoms with Gasteiger partial charge in [0.25, 0.3) is 15.9 Å². The molecule has 0 spiro atoms. The van der Waals surface area contributed by atoms with Crippen LogP contribution in [-0.4, -0.2) is 44.0 Å². The Morgan fingerprint density at radius 3 is 3.04 bits per heavy atom. The van der Waals surface area contributed by atoms with Crippen LogP contribution in [0.3, 0.4) is 0 Å². The molecule has 0 unspecified atom stereocenters. The maximum atomic E-state index is 12.8. The van der Waals surface area contributed by atoms with Crippen LogP contribution in [0.1, 0.15) is 18.0 Å². The summed E-state index contributed by atoms with van der Waals surface area (Å²) in [7, 11) is -3.53. The molecule has 130 valence electrons. The number of allylic oxidation sites excluding steroid dienone is 2. The van der Waals surface area contributed by atoms with Gasteiger partial charge < -0.3 is 15.0 Å². The number of benzene rings is 1. The zero-order valence-corrected chi connectivity index (χ0v) is 14.2. The van der Waals surface area contributed by atoms with Gasteiger partial charge in [-0.3, -0.25) is 4.79 Å². The van der Waals surface area contributed by atoms with E-state index in [2.05, 4.69) is 9.71 Å². The van der Waals surface area contributed by atoms with Crippen LogP contribution >= 0.6 is 0 Å². The molecule has 0 saturated carbocycles. The van der Waals surface area contributed by atoms with Crippen molar-refractivity contribution in [1.82, 2.24) is 10.2 Å². The molecule has 0 saturated heterocycles. The Bertz CT molecular complexity index is 918. The molecule has 8 heteroatoms. The van der Waals surface area contributed by atoms with Gasteiger partial charge in [0.05, 0.1) is 24.0 Å². The van der Waals surface area contributed by atoms with Crippen LogP contribution < -0.4 is 10.1 Å². The van der Waals surface area contributed by atoms with E-state index < -0.39 is 10.0 Å². The fraction of sp³-hybridized carbons (Fsp3) is 0.294. The molecule has 1 N–H and O–H groups in total. The molecule has 1 aromatic carbocycles. The number of carbonyl (C=O) groups is 1. The highest BCUT2D eigenvalue weighted by molar-refractivity contribution is 7.90. The van der Waals surface area contributed by atoms with Crippen LogP contribution in [0.4, 0.5) is 0 Å². The largest absolute Gasteiger partial charge is 0.493 e. The van der Waals surface area contributed by atoms with Crippen molar-refractivity contribution in [3.05, 3.63) is 53.8 Å². The fourth-order valence-corrected chi connectivity index (χ4v) is 4.11. The van der Waals surface area contributed by atoms with Gasteiger partial charge in [0, 0.05) is 24.7 Å². The summed E-state index contributed by atoms with van der Waals surface area (Å²) in [4.78, 5) is 14.5. The molecule has 0 aromatic heterocycles. The molecule has 1 aromatic rings. The molecule has 1 atom stereocenters. The van der Waals surface area contributed by atoms with Crippen LogP contribution in [0, 0.1) is 0 Å². The molecule has 1 amide bonds. The third kappa shape index (κ3) is 3.05. The van der Waals surface area contributed by atoms with Gasteiger partial charge in [-0.25, -0.2) is 8.42 Å². The standard InChI is InChI=1S/C17H17N3O4S/c21-17(18-14-7-10-24-15-6-2-1-4-12(14)15)13-5-3-8-20-9-11-25(22,23)19-16(13)20/h1-6,8,14H,7,9-11H2,(H,18,21)/t14-/m0/s1. The monoisotopic (exact) mass is 359 g/mol. The Hall–Kier alpha value is -2.61. The van der Waals surface area contributed by atoms with Gasteiger partial charge in [0.1, 0.15) is 5.75 Å². The first kappa shape index (κ1) is 15.9. The van der Waals surface area contributed by atoms with Crippen molar-refractivity contribution < 1.29 is 17.9 Å². The molecule has 7 nitrogen and oxygen atoms in total. The molecule has 4 rings (SSSR count). The first-order valence-electron chi connectivity index (χ1n) is 8.04. The summed E-state index contributed by atoms with van der Waals surface area (Å²) in [5, 5.41) is 2.98. The molecular weight excluding hydrogens is 342 g/mol. The number of amides is 1. The highest BCUT2D eigenvalue weighted by Gasteiger charge is 2.31. The minimum atomic E-state index is -3.53. The van der Waals surface area contributed by atoms with Gasteiger partial charge in [0.15, 0.2) is 5.84 Å². The Labute approximate surface area is 145 Å². The second-order valence-corrected chi connectivity index (χ2v) is 7.77. The fourth-order valence-electron chi connectivity index (χ4n) is 3.12. The summed E-state index contributed by atoms with van der Waals surface area (Å²) < 4.78 is 33.0. The summed E-state index contributed by atoms with van der Waals surface area (Å²) in [5.74, 6) is 0.553. The van der Waals surface area contributed by atoms with E-state index in [1.54, 1.807) is 23.3 Å². The maximum Gasteiger partial charge on any atom is 0.256 e. The highest BCUT2D eigenvalue weighted by atomic mass is 32.2. The maximum absolute atomic E-state index is 12.8. The van der Waals surface area contributed by atoms with E-state index in [9.17, 15) is 13.2 Å². The number of carbonyl (C=O) groups excluding carboxylic acids is 1. The summed E-state index contributed by atoms with van der Waals surface area (Å²) in [6.45, 7) is 0.810. The Balaban J connectivity index is 1.61. The van der Waals surface area contributed by atoms with Crippen molar-refractivity contribution in [2.24, 2.45) is 4.40 Å². The van der Waals surface area contributed by atoms with E-state index in [1.807, 2.05) is 24.3 Å². The lowest BCUT2D eigenvalue weighted by atomic mass is 10.00. The number of nitrogens with zero attached hydrogens (tertiary/aromatic N) is 2. The van der Waals surface area contributed by atoms with E-state index in [0.29, 0.717) is 19.6 Å². The molecule has 0 fully saturated rings. The lowest BCUT2D eigenvalue weighted by molar-refractivity contribution is -0.118. The zero-order valence-electron chi connectivity index (χ0n) is 13.4. The molecule has 3 aliphatic rings. The first-order chi connectivity index (χ1) is 12.0. The van der Waals surface area contributed by atoms with Crippen molar-refractivity contribution in [2.45, 2.75) is 12.5 Å². The van der Waals surface area contributed by atoms with Crippen molar-refractivity contribution in [3.63, 3.8) is 0 Å². The van der Waals surface area contributed by atoms with Crippen molar-refractivity contribution in [2.75, 3.05) is 18.9 Å². The lowest BCUT2D eigenvalue weighted by Crippen LogP contribution is -2.43. The average Bonchev–Trinajstić information content (AvgIpc) is 2.61. The van der Waals surface area contributed by atoms with E-state index >= 15 is 0 Å². The Kier molecular flexibility index (Phi) is 3.84. The van der Waals surface area contributed by atoms with Crippen LogP contribution in [0.2, 0.25) is 0 Å². The number of para-hydroxylation sites is 1. The second kappa shape index (κ2) is 6.03. The van der Waals surface area contributed by atoms with Gasteiger partial charge >= 0.3 is 0 Å². The molecule has 0 bridgehead atoms. The number of nitrogens with one attached hydrogen (secondary N) is 1. The van der Waals surface area contributed by atoms with E-state index in [4.69, 9.17) is 4.74 Å². The molecular formula is C17H17N3O4S. The SMILES string of the molecule is O=C(N[C@H]1CCOc2ccccc21)C1=CC=CN2CCS(=O)(=O)N=C12. The summed E-state index contributed by atoms with van der Waals surface area (Å²) in [6, 6.07) is 7.39. The van der Waals surface area contributed by atoms with E-state index in [0.717, 1.165) is 11.3 Å². The number of sulfonamides is 1. The summed E-state index contributed by atoms with van der Waals surface area (Å²) in [5.41, 5.74) is 1.18. The van der Waals surface area contributed by atoms with Gasteiger partial charge in [0.2, 0.25) is 0 Å². The number of ether oxygens (including phenoxy) is 1. The number of hydrogen-bond donors (Lipinski definition) is 1. The van der Waals surface area contributed by atoms with Gasteiger partial charge in [-0.1, -0.05) is 18.2 Å². The third-order valence-corrected chi connectivity index (χ3v) is 5.52. The Morgan fingerprint density at radius 1 is 1.32 bits per heavy atom. The average molecular weight is 359 g/mol. The van der Waals surface area contributed by atoms with Gasteiger partial charge in [-0.15, -0.1) is 4.40 Å². The van der Waals surface area contributed by atoms with Crippen LogP contribution in [0.15, 0.2) is 52.6 Å². The summed E-state index contributed by atoms with van der Waals surface area (Å²) in [6.07, 6.45) is 5.70. The van der Waals surface area contributed by atoms with Crippen LogP contribution in [0.5, 0.6) is 5.75 Å². The first-order valence-corrected chi connectivity index (χ1v) is 9.65. The molecule has 3 heterocycles. The van der Waals surface area contributed by atoms with Gasteiger partial charge in [-0.05, 0) is 18.2 Å². The smallest absolute Gasteiger partial charge is 0.256 e. The normalized spacial score (nSPS) is 23.5. The number of fused-ring (bicyclic) bond motifs is 2. The number of rotatable bonds is 2. The van der Waals surface area contributed by atoms with Crippen LogP contribution in [-0.2, 0) is 14.8 Å². The molecule has 25 heavy (non-hydrogen) atoms. The van der Waals surface area contributed by atoms with Gasteiger partial charge in [-0.2, -0.15) is 0 Å². The van der Waals surface area contributed by atoms with E-state index in [1.165, 1.54) is 0 Å². The lowest BCUT2D eigenvalue weighted by Gasteiger charge is -2.30. The van der Waals surface area contributed by atoms with Crippen molar-refractivity contribution in [3.8, 4) is 5.75 Å². The Morgan fingerprint density at radius 2 is 2.16 bits per heavy atom. The van der Waals surface area contributed by atoms with Crippen LogP contribution in [0.25, 0.3) is 0 Å².